The van der Waals surface area contributed by atoms with E-state index in [0.717, 1.165) is 6.42 Å². The zero-order valence-corrected chi connectivity index (χ0v) is 14.8. The van der Waals surface area contributed by atoms with Gasteiger partial charge in [-0.1, -0.05) is 37.1 Å². The molecule has 0 saturated carbocycles. The first-order valence-corrected chi connectivity index (χ1v) is 8.37. The van der Waals surface area contributed by atoms with E-state index in [1.54, 1.807) is 36.4 Å². The van der Waals surface area contributed by atoms with Crippen molar-refractivity contribution in [1.82, 2.24) is 5.43 Å². The average Bonchev–Trinajstić information content (AvgIpc) is 2.63. The molecule has 0 aliphatic heterocycles. The second kappa shape index (κ2) is 9.53. The number of non-ortho nitro benzene ring substituents is 1. The Balaban J connectivity index is 1.99. The molecule has 1 amide bonds. The molecule has 0 bridgehead atoms. The topological polar surface area (TPSA) is 93.8 Å². The molecule has 0 aromatic heterocycles. The van der Waals surface area contributed by atoms with E-state index in [1.165, 1.54) is 18.3 Å². The van der Waals surface area contributed by atoms with Gasteiger partial charge in [0.2, 0.25) is 0 Å². The number of benzene rings is 2. The summed E-state index contributed by atoms with van der Waals surface area (Å²) in [6.45, 7) is 1.94. The maximum absolute atomic E-state index is 12.3. The smallest absolute Gasteiger partial charge is 0.281 e. The standard InChI is InChI=1S/C18H18ClN3O4/c1-2-4-17(26-16-9-7-14(19)8-10-16)18(23)21-20-12-13-5-3-6-15(11-13)22(24)25/h3,5-12,17H,2,4H2,1H3,(H,21,23)/t17-/m1/s1. The lowest BCUT2D eigenvalue weighted by atomic mass is 10.2. The first kappa shape index (κ1) is 19.4. The third-order valence-electron chi connectivity index (χ3n) is 3.40. The zero-order valence-electron chi connectivity index (χ0n) is 14.1. The van der Waals surface area contributed by atoms with Crippen molar-refractivity contribution in [2.45, 2.75) is 25.9 Å². The van der Waals surface area contributed by atoms with Crippen LogP contribution in [0.5, 0.6) is 5.75 Å². The van der Waals surface area contributed by atoms with Gasteiger partial charge in [0.1, 0.15) is 5.75 Å². The molecule has 0 unspecified atom stereocenters. The van der Waals surface area contributed by atoms with Gasteiger partial charge in [0, 0.05) is 22.7 Å². The highest BCUT2D eigenvalue weighted by Gasteiger charge is 2.19. The van der Waals surface area contributed by atoms with E-state index in [1.807, 2.05) is 6.92 Å². The van der Waals surface area contributed by atoms with Crippen LogP contribution < -0.4 is 10.2 Å². The lowest BCUT2D eigenvalue weighted by Gasteiger charge is -2.16. The minimum Gasteiger partial charge on any atom is -0.481 e. The fraction of sp³-hybridized carbons (Fsp3) is 0.222. The number of amides is 1. The Morgan fingerprint density at radius 3 is 2.73 bits per heavy atom. The predicted octanol–water partition coefficient (Wildman–Crippen LogP) is 3.95. The van der Waals surface area contributed by atoms with Crippen molar-refractivity contribution >= 4 is 29.4 Å². The van der Waals surface area contributed by atoms with Gasteiger partial charge < -0.3 is 4.74 Å². The van der Waals surface area contributed by atoms with Crippen LogP contribution in [0.3, 0.4) is 0 Å². The number of carbonyl (C=O) groups is 1. The first-order valence-electron chi connectivity index (χ1n) is 7.99. The summed E-state index contributed by atoms with van der Waals surface area (Å²) in [7, 11) is 0. The maximum atomic E-state index is 12.3. The Kier molecular flexibility index (Phi) is 7.11. The normalized spacial score (nSPS) is 11.9. The number of hydrogen-bond acceptors (Lipinski definition) is 5. The molecule has 2 rings (SSSR count). The van der Waals surface area contributed by atoms with Crippen LogP contribution in [0.1, 0.15) is 25.3 Å². The number of hydrogen-bond donors (Lipinski definition) is 1. The van der Waals surface area contributed by atoms with Crippen molar-refractivity contribution in [1.29, 1.82) is 0 Å². The third kappa shape index (κ3) is 5.86. The summed E-state index contributed by atoms with van der Waals surface area (Å²) in [5.41, 5.74) is 2.86. The molecule has 0 saturated heterocycles. The minimum atomic E-state index is -0.705. The molecule has 136 valence electrons. The van der Waals surface area contributed by atoms with Crippen LogP contribution in [0.4, 0.5) is 5.69 Å². The molecule has 1 N–H and O–H groups in total. The molecule has 2 aromatic rings. The minimum absolute atomic E-state index is 0.0461. The van der Waals surface area contributed by atoms with Crippen molar-refractivity contribution < 1.29 is 14.5 Å². The van der Waals surface area contributed by atoms with Gasteiger partial charge in [0.15, 0.2) is 6.10 Å². The first-order chi connectivity index (χ1) is 12.5. The van der Waals surface area contributed by atoms with Crippen LogP contribution in [0.25, 0.3) is 0 Å². The summed E-state index contributed by atoms with van der Waals surface area (Å²) < 4.78 is 5.69. The van der Waals surface area contributed by atoms with E-state index in [-0.39, 0.29) is 5.69 Å². The molecular weight excluding hydrogens is 358 g/mol. The summed E-state index contributed by atoms with van der Waals surface area (Å²) in [4.78, 5) is 22.6. The van der Waals surface area contributed by atoms with E-state index in [2.05, 4.69) is 10.5 Å². The molecule has 0 spiro atoms. The van der Waals surface area contributed by atoms with Crippen molar-refractivity contribution in [3.8, 4) is 5.75 Å². The molecule has 0 heterocycles. The molecule has 7 nitrogen and oxygen atoms in total. The SMILES string of the molecule is CCC[C@@H](Oc1ccc(Cl)cc1)C(=O)NN=Cc1cccc([N+](=O)[O-])c1. The molecule has 0 radical (unpaired) electrons. The number of nitrogens with zero attached hydrogens (tertiary/aromatic N) is 2. The Labute approximate surface area is 155 Å². The van der Waals surface area contributed by atoms with Crippen LogP contribution in [0.15, 0.2) is 53.6 Å². The van der Waals surface area contributed by atoms with Gasteiger partial charge in [0.25, 0.3) is 11.6 Å². The number of nitro groups is 1. The van der Waals surface area contributed by atoms with E-state index >= 15 is 0 Å². The second-order valence-corrected chi connectivity index (χ2v) is 5.87. The molecular formula is C18H18ClN3O4. The van der Waals surface area contributed by atoms with Crippen LogP contribution in [0, 0.1) is 10.1 Å². The summed E-state index contributed by atoms with van der Waals surface area (Å²) in [6, 6.07) is 12.7. The largest absolute Gasteiger partial charge is 0.481 e. The van der Waals surface area contributed by atoms with Gasteiger partial charge >= 0.3 is 0 Å². The highest BCUT2D eigenvalue weighted by Crippen LogP contribution is 2.18. The Bertz CT molecular complexity index is 793. The van der Waals surface area contributed by atoms with Crippen molar-refractivity contribution in [2.75, 3.05) is 0 Å². The number of hydrazone groups is 1. The van der Waals surface area contributed by atoms with Crippen molar-refractivity contribution in [3.05, 3.63) is 69.2 Å². The zero-order chi connectivity index (χ0) is 18.9. The average molecular weight is 376 g/mol. The quantitative estimate of drug-likeness (QED) is 0.429. The van der Waals surface area contributed by atoms with Gasteiger partial charge in [-0.2, -0.15) is 5.10 Å². The van der Waals surface area contributed by atoms with Crippen LogP contribution >= 0.6 is 11.6 Å². The Morgan fingerprint density at radius 1 is 1.35 bits per heavy atom. The second-order valence-electron chi connectivity index (χ2n) is 5.44. The molecule has 0 aliphatic carbocycles. The molecule has 26 heavy (non-hydrogen) atoms. The summed E-state index contributed by atoms with van der Waals surface area (Å²) in [5, 5.41) is 15.2. The molecule has 1 atom stereocenters. The predicted molar refractivity (Wildman–Crippen MR) is 99.6 cm³/mol. The van der Waals surface area contributed by atoms with Crippen molar-refractivity contribution in [3.63, 3.8) is 0 Å². The van der Waals surface area contributed by atoms with Gasteiger partial charge in [-0.3, -0.25) is 14.9 Å². The Morgan fingerprint density at radius 2 is 2.08 bits per heavy atom. The van der Waals surface area contributed by atoms with E-state index < -0.39 is 16.9 Å². The van der Waals surface area contributed by atoms with Crippen molar-refractivity contribution in [2.24, 2.45) is 5.10 Å². The number of carbonyl (C=O) groups excluding carboxylic acids is 1. The molecule has 0 fully saturated rings. The van der Waals surface area contributed by atoms with Gasteiger partial charge in [0.05, 0.1) is 11.1 Å². The van der Waals surface area contributed by atoms with E-state index in [0.29, 0.717) is 22.8 Å². The monoisotopic (exact) mass is 375 g/mol. The van der Waals surface area contributed by atoms with Gasteiger partial charge in [-0.25, -0.2) is 5.43 Å². The molecule has 0 aliphatic rings. The summed E-state index contributed by atoms with van der Waals surface area (Å²) in [5.74, 6) is 0.133. The third-order valence-corrected chi connectivity index (χ3v) is 3.66. The molecule has 8 heteroatoms. The van der Waals surface area contributed by atoms with E-state index in [9.17, 15) is 14.9 Å². The number of rotatable bonds is 8. The highest BCUT2D eigenvalue weighted by atomic mass is 35.5. The molecule has 2 aromatic carbocycles. The van der Waals surface area contributed by atoms with Gasteiger partial charge in [-0.15, -0.1) is 0 Å². The summed E-state index contributed by atoms with van der Waals surface area (Å²) >= 11 is 5.83. The fourth-order valence-electron chi connectivity index (χ4n) is 2.14. The maximum Gasteiger partial charge on any atom is 0.281 e. The number of nitro benzene ring substituents is 1. The number of nitrogens with one attached hydrogen (secondary N) is 1. The van der Waals surface area contributed by atoms with Crippen LogP contribution in [0.2, 0.25) is 5.02 Å². The van der Waals surface area contributed by atoms with E-state index in [4.69, 9.17) is 16.3 Å². The lowest BCUT2D eigenvalue weighted by molar-refractivity contribution is -0.384. The Hall–Kier alpha value is -2.93. The summed E-state index contributed by atoms with van der Waals surface area (Å²) in [6.07, 6.45) is 1.90. The number of halogens is 1. The lowest BCUT2D eigenvalue weighted by Crippen LogP contribution is -2.35. The van der Waals surface area contributed by atoms with Crippen LogP contribution in [-0.2, 0) is 4.79 Å². The number of ether oxygens (including phenoxy) is 1. The highest BCUT2D eigenvalue weighted by molar-refractivity contribution is 6.30. The van der Waals surface area contributed by atoms with Gasteiger partial charge in [-0.05, 0) is 30.7 Å². The fourth-order valence-corrected chi connectivity index (χ4v) is 2.27. The van der Waals surface area contributed by atoms with Crippen LogP contribution in [-0.4, -0.2) is 23.1 Å².